The fourth-order valence-electron chi connectivity index (χ4n) is 1.14. The van der Waals surface area contributed by atoms with Crippen molar-refractivity contribution in [1.82, 2.24) is 5.32 Å². The van der Waals surface area contributed by atoms with E-state index in [4.69, 9.17) is 11.6 Å². The first-order valence-corrected chi connectivity index (χ1v) is 6.26. The van der Waals surface area contributed by atoms with E-state index >= 15 is 0 Å². The summed E-state index contributed by atoms with van der Waals surface area (Å²) in [4.78, 5) is 11.3. The van der Waals surface area contributed by atoms with Gasteiger partial charge >= 0.3 is 0 Å². The summed E-state index contributed by atoms with van der Waals surface area (Å²) in [5.41, 5.74) is 0.752. The van der Waals surface area contributed by atoms with Crippen molar-refractivity contribution >= 4 is 39.1 Å². The number of carbonyl (C=O) groups is 1. The van der Waals surface area contributed by atoms with Gasteiger partial charge in [0.15, 0.2) is 0 Å². The molecule has 1 rings (SSSR count). The Bertz CT molecular complexity index is 371. The number of carbonyl (C=O) groups excluding carboxylic acids is 1. The highest BCUT2D eigenvalue weighted by Crippen LogP contribution is 2.25. The van der Waals surface area contributed by atoms with Crippen molar-refractivity contribution in [2.75, 3.05) is 18.4 Å². The maximum atomic E-state index is 11.3. The number of amides is 1. The van der Waals surface area contributed by atoms with Crippen LogP contribution in [0.25, 0.3) is 0 Å². The molecule has 88 valence electrons. The van der Waals surface area contributed by atoms with Crippen LogP contribution in [0.5, 0.6) is 0 Å². The molecule has 0 radical (unpaired) electrons. The first kappa shape index (κ1) is 13.3. The van der Waals surface area contributed by atoms with Gasteiger partial charge in [0.1, 0.15) is 0 Å². The number of hydrogen-bond donors (Lipinski definition) is 2. The number of benzene rings is 1. The fraction of sp³-hybridized carbons (Fsp3) is 0.364. The fourth-order valence-corrected chi connectivity index (χ4v) is 1.68. The molecule has 0 atom stereocenters. The number of nitrogens with one attached hydrogen (secondary N) is 2. The second kappa shape index (κ2) is 6.76. The molecule has 5 heteroatoms. The van der Waals surface area contributed by atoms with Crippen molar-refractivity contribution < 1.29 is 4.79 Å². The Hall–Kier alpha value is -0.740. The van der Waals surface area contributed by atoms with Gasteiger partial charge in [0.05, 0.1) is 17.3 Å². The molecule has 3 nitrogen and oxygen atoms in total. The molecule has 2 N–H and O–H groups in total. The summed E-state index contributed by atoms with van der Waals surface area (Å²) in [5.74, 6) is -0.0297. The zero-order chi connectivity index (χ0) is 12.0. The zero-order valence-electron chi connectivity index (χ0n) is 9.02. The van der Waals surface area contributed by atoms with Crippen molar-refractivity contribution in [3.8, 4) is 0 Å². The Labute approximate surface area is 109 Å². The molecule has 0 bridgehead atoms. The smallest absolute Gasteiger partial charge is 0.239 e. The summed E-state index contributed by atoms with van der Waals surface area (Å²) >= 11 is 9.32. The lowest BCUT2D eigenvalue weighted by atomic mass is 10.3. The summed E-state index contributed by atoms with van der Waals surface area (Å²) in [6.45, 7) is 2.95. The number of halogens is 2. The van der Waals surface area contributed by atoms with E-state index < -0.39 is 0 Å². The second-order valence-electron chi connectivity index (χ2n) is 3.33. The lowest BCUT2D eigenvalue weighted by Gasteiger charge is -2.08. The summed E-state index contributed by atoms with van der Waals surface area (Å²) in [6, 6.07) is 5.47. The highest BCUT2D eigenvalue weighted by atomic mass is 79.9. The Morgan fingerprint density at radius 3 is 2.94 bits per heavy atom. The summed E-state index contributed by atoms with van der Waals surface area (Å²) in [7, 11) is 0. The van der Waals surface area contributed by atoms with Crippen LogP contribution in [0.15, 0.2) is 22.7 Å². The van der Waals surface area contributed by atoms with Gasteiger partial charge in [-0.25, -0.2) is 0 Å². The lowest BCUT2D eigenvalue weighted by molar-refractivity contribution is -0.119. The van der Waals surface area contributed by atoms with E-state index in [0.717, 1.165) is 16.6 Å². The molecule has 1 aromatic rings. The summed E-state index contributed by atoms with van der Waals surface area (Å²) < 4.78 is 0.924. The molecule has 0 aliphatic rings. The molecule has 0 fully saturated rings. The van der Waals surface area contributed by atoms with Gasteiger partial charge in [-0.3, -0.25) is 4.79 Å². The first-order chi connectivity index (χ1) is 7.63. The van der Waals surface area contributed by atoms with Crippen LogP contribution >= 0.6 is 27.5 Å². The molecular weight excluding hydrogens is 291 g/mol. The summed E-state index contributed by atoms with van der Waals surface area (Å²) in [5, 5.41) is 6.37. The normalized spacial score (nSPS) is 9.94. The number of anilines is 1. The molecule has 16 heavy (non-hydrogen) atoms. The minimum atomic E-state index is -0.0297. The van der Waals surface area contributed by atoms with Gasteiger partial charge in [-0.15, -0.1) is 0 Å². The molecular formula is C11H14BrClN2O. The molecule has 0 saturated carbocycles. The van der Waals surface area contributed by atoms with Crippen LogP contribution in [0.2, 0.25) is 5.02 Å². The number of rotatable bonds is 5. The van der Waals surface area contributed by atoms with E-state index in [-0.39, 0.29) is 12.5 Å². The van der Waals surface area contributed by atoms with Crippen LogP contribution in [0.4, 0.5) is 5.69 Å². The Balaban J connectivity index is 2.47. The van der Waals surface area contributed by atoms with Gasteiger partial charge in [-0.1, -0.05) is 34.5 Å². The molecule has 0 spiro atoms. The predicted octanol–water partition coefficient (Wildman–Crippen LogP) is 3.04. The second-order valence-corrected chi connectivity index (χ2v) is 4.65. The lowest BCUT2D eigenvalue weighted by Crippen LogP contribution is -2.30. The average molecular weight is 306 g/mol. The van der Waals surface area contributed by atoms with E-state index in [1.165, 1.54) is 0 Å². The van der Waals surface area contributed by atoms with Crippen molar-refractivity contribution in [1.29, 1.82) is 0 Å². The monoisotopic (exact) mass is 304 g/mol. The van der Waals surface area contributed by atoms with Crippen LogP contribution < -0.4 is 10.6 Å². The van der Waals surface area contributed by atoms with Gasteiger partial charge in [-0.2, -0.15) is 0 Å². The van der Waals surface area contributed by atoms with Crippen molar-refractivity contribution in [2.24, 2.45) is 0 Å². The van der Waals surface area contributed by atoms with E-state index in [0.29, 0.717) is 11.6 Å². The van der Waals surface area contributed by atoms with Crippen molar-refractivity contribution in [2.45, 2.75) is 13.3 Å². The standard InChI is InChI=1S/C11H14BrClN2O/c1-2-5-14-11(16)7-15-10-6-8(12)3-4-9(10)13/h3-4,6,15H,2,5,7H2,1H3,(H,14,16). The average Bonchev–Trinajstić information content (AvgIpc) is 2.27. The molecule has 0 saturated heterocycles. The van der Waals surface area contributed by atoms with Crippen LogP contribution in [-0.4, -0.2) is 19.0 Å². The third-order valence-electron chi connectivity index (χ3n) is 1.94. The SMILES string of the molecule is CCCNC(=O)CNc1cc(Br)ccc1Cl. The van der Waals surface area contributed by atoms with Gasteiger partial charge in [-0.05, 0) is 24.6 Å². The van der Waals surface area contributed by atoms with Gasteiger partial charge in [0, 0.05) is 11.0 Å². The quantitative estimate of drug-likeness (QED) is 0.878. The topological polar surface area (TPSA) is 41.1 Å². The van der Waals surface area contributed by atoms with Crippen molar-refractivity contribution in [3.63, 3.8) is 0 Å². The van der Waals surface area contributed by atoms with Crippen molar-refractivity contribution in [3.05, 3.63) is 27.7 Å². The highest BCUT2D eigenvalue weighted by molar-refractivity contribution is 9.10. The minimum absolute atomic E-state index is 0.0297. The molecule has 0 aliphatic carbocycles. The van der Waals surface area contributed by atoms with E-state index in [2.05, 4.69) is 26.6 Å². The van der Waals surface area contributed by atoms with E-state index in [9.17, 15) is 4.79 Å². The minimum Gasteiger partial charge on any atom is -0.375 e. The highest BCUT2D eigenvalue weighted by Gasteiger charge is 2.03. The van der Waals surface area contributed by atoms with Crippen LogP contribution in [-0.2, 0) is 4.79 Å². The van der Waals surface area contributed by atoms with E-state index in [1.54, 1.807) is 6.07 Å². The molecule has 0 aromatic heterocycles. The summed E-state index contributed by atoms with van der Waals surface area (Å²) in [6.07, 6.45) is 0.934. The molecule has 0 heterocycles. The Morgan fingerprint density at radius 1 is 1.50 bits per heavy atom. The van der Waals surface area contributed by atoms with Gasteiger partial charge in [0.2, 0.25) is 5.91 Å². The zero-order valence-corrected chi connectivity index (χ0v) is 11.4. The van der Waals surface area contributed by atoms with E-state index in [1.807, 2.05) is 19.1 Å². The maximum Gasteiger partial charge on any atom is 0.239 e. The van der Waals surface area contributed by atoms with Crippen LogP contribution in [0.3, 0.4) is 0 Å². The molecule has 0 unspecified atom stereocenters. The molecule has 0 aliphatic heterocycles. The largest absolute Gasteiger partial charge is 0.375 e. The third-order valence-corrected chi connectivity index (χ3v) is 2.76. The Kier molecular flexibility index (Phi) is 5.63. The third kappa shape index (κ3) is 4.41. The first-order valence-electron chi connectivity index (χ1n) is 5.09. The van der Waals surface area contributed by atoms with Gasteiger partial charge in [0.25, 0.3) is 0 Å². The van der Waals surface area contributed by atoms with Crippen LogP contribution in [0, 0.1) is 0 Å². The van der Waals surface area contributed by atoms with Crippen LogP contribution in [0.1, 0.15) is 13.3 Å². The molecule has 1 aromatic carbocycles. The molecule has 1 amide bonds. The Morgan fingerprint density at radius 2 is 2.25 bits per heavy atom. The predicted molar refractivity (Wildman–Crippen MR) is 70.9 cm³/mol. The van der Waals surface area contributed by atoms with Gasteiger partial charge < -0.3 is 10.6 Å². The maximum absolute atomic E-state index is 11.3. The number of hydrogen-bond acceptors (Lipinski definition) is 2.